The molecule has 3 rings (SSSR count). The minimum atomic E-state index is 0.148. The molecule has 0 saturated carbocycles. The average Bonchev–Trinajstić information content (AvgIpc) is 2.70. The molecule has 0 unspecified atom stereocenters. The van der Waals surface area contributed by atoms with E-state index in [0.29, 0.717) is 19.0 Å². The SMILES string of the molecule is Cc1ccc([C@H](CNC(=O)CCc2ccccc2)[NH+]2CC[NH+](C)CC2)cc1. The normalized spacial score (nSPS) is 20.8. The topological polar surface area (TPSA) is 38.0 Å². The van der Waals surface area contributed by atoms with E-state index < -0.39 is 0 Å². The lowest BCUT2D eigenvalue weighted by molar-refractivity contribution is -1.02. The van der Waals surface area contributed by atoms with Crippen LogP contribution in [0.1, 0.15) is 29.2 Å². The van der Waals surface area contributed by atoms with E-state index >= 15 is 0 Å². The fraction of sp³-hybridized carbons (Fsp3) is 0.435. The van der Waals surface area contributed by atoms with Gasteiger partial charge >= 0.3 is 0 Å². The number of hydrogen-bond acceptors (Lipinski definition) is 1. The lowest BCUT2D eigenvalue weighted by Gasteiger charge is -2.33. The molecular weight excluding hydrogens is 334 g/mol. The number of piperazine rings is 1. The van der Waals surface area contributed by atoms with Gasteiger partial charge in [-0.3, -0.25) is 4.79 Å². The fourth-order valence-electron chi connectivity index (χ4n) is 3.85. The van der Waals surface area contributed by atoms with Crippen molar-refractivity contribution >= 4 is 5.91 Å². The Hall–Kier alpha value is -2.17. The van der Waals surface area contributed by atoms with Gasteiger partial charge in [0.25, 0.3) is 0 Å². The van der Waals surface area contributed by atoms with E-state index in [1.165, 1.54) is 29.8 Å². The van der Waals surface area contributed by atoms with E-state index in [0.717, 1.165) is 19.5 Å². The molecule has 1 saturated heterocycles. The molecule has 0 radical (unpaired) electrons. The highest BCUT2D eigenvalue weighted by Gasteiger charge is 2.29. The van der Waals surface area contributed by atoms with E-state index in [2.05, 4.69) is 55.7 Å². The van der Waals surface area contributed by atoms with E-state index in [-0.39, 0.29) is 5.91 Å². The maximum absolute atomic E-state index is 12.4. The Kier molecular flexibility index (Phi) is 7.02. The van der Waals surface area contributed by atoms with Gasteiger partial charge in [-0.2, -0.15) is 0 Å². The summed E-state index contributed by atoms with van der Waals surface area (Å²) in [6, 6.07) is 19.4. The number of likely N-dealkylation sites (N-methyl/N-ethyl adjacent to an activating group) is 1. The molecule has 1 amide bonds. The first-order valence-corrected chi connectivity index (χ1v) is 10.1. The Morgan fingerprint density at radius 1 is 1.00 bits per heavy atom. The van der Waals surface area contributed by atoms with Crippen molar-refractivity contribution in [1.29, 1.82) is 0 Å². The smallest absolute Gasteiger partial charge is 0.220 e. The van der Waals surface area contributed by atoms with Gasteiger partial charge in [-0.1, -0.05) is 60.2 Å². The van der Waals surface area contributed by atoms with Crippen molar-refractivity contribution in [2.24, 2.45) is 0 Å². The molecule has 1 heterocycles. The molecule has 144 valence electrons. The van der Waals surface area contributed by atoms with Crippen LogP contribution >= 0.6 is 0 Å². The number of carbonyl (C=O) groups is 1. The van der Waals surface area contributed by atoms with Crippen molar-refractivity contribution in [2.45, 2.75) is 25.8 Å². The summed E-state index contributed by atoms with van der Waals surface area (Å²) in [5, 5.41) is 3.21. The third kappa shape index (κ3) is 5.91. The van der Waals surface area contributed by atoms with E-state index in [9.17, 15) is 4.79 Å². The van der Waals surface area contributed by atoms with Crippen LogP contribution in [0.2, 0.25) is 0 Å². The first-order valence-electron chi connectivity index (χ1n) is 10.1. The van der Waals surface area contributed by atoms with Crippen LogP contribution in [0.25, 0.3) is 0 Å². The van der Waals surface area contributed by atoms with Crippen LogP contribution in [-0.2, 0) is 11.2 Å². The number of amides is 1. The van der Waals surface area contributed by atoms with Crippen LogP contribution in [0.5, 0.6) is 0 Å². The van der Waals surface area contributed by atoms with E-state index in [1.807, 2.05) is 18.2 Å². The van der Waals surface area contributed by atoms with Crippen LogP contribution in [-0.4, -0.2) is 45.7 Å². The summed E-state index contributed by atoms with van der Waals surface area (Å²) >= 11 is 0. The molecule has 0 aromatic heterocycles. The third-order valence-electron chi connectivity index (χ3n) is 5.71. The predicted molar refractivity (Wildman–Crippen MR) is 109 cm³/mol. The predicted octanol–water partition coefficient (Wildman–Crippen LogP) is 0.198. The Labute approximate surface area is 163 Å². The average molecular weight is 368 g/mol. The van der Waals surface area contributed by atoms with Crippen LogP contribution in [0.4, 0.5) is 0 Å². The highest BCUT2D eigenvalue weighted by atomic mass is 16.1. The molecule has 3 N–H and O–H groups in total. The van der Waals surface area contributed by atoms with Gasteiger partial charge in [0.2, 0.25) is 5.91 Å². The minimum Gasteiger partial charge on any atom is -0.350 e. The summed E-state index contributed by atoms with van der Waals surface area (Å²) in [7, 11) is 2.27. The van der Waals surface area contributed by atoms with Gasteiger partial charge in [-0.15, -0.1) is 0 Å². The number of aryl methyl sites for hydroxylation is 2. The Bertz CT molecular complexity index is 706. The van der Waals surface area contributed by atoms with E-state index in [4.69, 9.17) is 0 Å². The van der Waals surface area contributed by atoms with Crippen LogP contribution < -0.4 is 15.1 Å². The molecule has 4 heteroatoms. The summed E-state index contributed by atoms with van der Waals surface area (Å²) in [5.41, 5.74) is 3.83. The monoisotopic (exact) mass is 367 g/mol. The molecular formula is C23H33N3O+2. The van der Waals surface area contributed by atoms with Gasteiger partial charge in [0.15, 0.2) is 0 Å². The molecule has 2 aromatic carbocycles. The lowest BCUT2D eigenvalue weighted by atomic mass is 10.0. The number of rotatable bonds is 7. The van der Waals surface area contributed by atoms with Crippen molar-refractivity contribution < 1.29 is 14.6 Å². The lowest BCUT2D eigenvalue weighted by Crippen LogP contribution is -3.27. The highest BCUT2D eigenvalue weighted by Crippen LogP contribution is 2.11. The largest absolute Gasteiger partial charge is 0.350 e. The molecule has 2 aromatic rings. The molecule has 27 heavy (non-hydrogen) atoms. The van der Waals surface area contributed by atoms with Crippen LogP contribution in [0.15, 0.2) is 54.6 Å². The summed E-state index contributed by atoms with van der Waals surface area (Å²) in [6.07, 6.45) is 1.35. The maximum Gasteiger partial charge on any atom is 0.220 e. The van der Waals surface area contributed by atoms with Crippen molar-refractivity contribution in [1.82, 2.24) is 5.32 Å². The fourth-order valence-corrected chi connectivity index (χ4v) is 3.85. The number of quaternary nitrogens is 2. The molecule has 1 aliphatic heterocycles. The molecule has 4 nitrogen and oxygen atoms in total. The van der Waals surface area contributed by atoms with Crippen molar-refractivity contribution in [3.63, 3.8) is 0 Å². The quantitative estimate of drug-likeness (QED) is 0.643. The third-order valence-corrected chi connectivity index (χ3v) is 5.71. The zero-order valence-electron chi connectivity index (χ0n) is 16.6. The number of hydrogen-bond donors (Lipinski definition) is 3. The minimum absolute atomic E-state index is 0.148. The van der Waals surface area contributed by atoms with Gasteiger partial charge in [0.05, 0.1) is 13.6 Å². The van der Waals surface area contributed by atoms with Gasteiger partial charge < -0.3 is 15.1 Å². The molecule has 1 aliphatic rings. The number of benzene rings is 2. The summed E-state index contributed by atoms with van der Waals surface area (Å²) in [4.78, 5) is 15.6. The Morgan fingerprint density at radius 2 is 1.67 bits per heavy atom. The zero-order chi connectivity index (χ0) is 19.1. The van der Waals surface area contributed by atoms with Crippen molar-refractivity contribution in [2.75, 3.05) is 39.8 Å². The summed E-state index contributed by atoms with van der Waals surface area (Å²) in [6.45, 7) is 7.54. The number of nitrogens with one attached hydrogen (secondary N) is 3. The van der Waals surface area contributed by atoms with E-state index in [1.54, 1.807) is 9.80 Å². The van der Waals surface area contributed by atoms with Crippen molar-refractivity contribution in [3.8, 4) is 0 Å². The molecule has 1 fully saturated rings. The highest BCUT2D eigenvalue weighted by molar-refractivity contribution is 5.76. The Morgan fingerprint density at radius 3 is 2.33 bits per heavy atom. The standard InChI is InChI=1S/C23H31N3O/c1-19-8-11-21(12-9-19)22(26-16-14-25(2)15-17-26)18-24-23(27)13-10-20-6-4-3-5-7-20/h3-9,11-12,22H,10,13-18H2,1-2H3,(H,24,27)/p+2/t22-/m0/s1. The van der Waals surface area contributed by atoms with Crippen LogP contribution in [0, 0.1) is 6.92 Å². The second-order valence-corrected chi connectivity index (χ2v) is 7.87. The first-order chi connectivity index (χ1) is 13.1. The molecule has 0 bridgehead atoms. The van der Waals surface area contributed by atoms with Gasteiger partial charge in [0.1, 0.15) is 32.2 Å². The zero-order valence-corrected chi connectivity index (χ0v) is 16.6. The van der Waals surface area contributed by atoms with Crippen LogP contribution in [0.3, 0.4) is 0 Å². The first kappa shape index (κ1) is 19.6. The molecule has 1 atom stereocenters. The van der Waals surface area contributed by atoms with Gasteiger partial charge in [-0.25, -0.2) is 0 Å². The molecule has 0 spiro atoms. The van der Waals surface area contributed by atoms with Crippen molar-refractivity contribution in [3.05, 3.63) is 71.3 Å². The second-order valence-electron chi connectivity index (χ2n) is 7.87. The number of carbonyl (C=O) groups excluding carboxylic acids is 1. The Balaban J connectivity index is 1.59. The molecule has 0 aliphatic carbocycles. The maximum atomic E-state index is 12.4. The summed E-state index contributed by atoms with van der Waals surface area (Å²) in [5.74, 6) is 0.148. The van der Waals surface area contributed by atoms with Gasteiger partial charge in [0, 0.05) is 12.0 Å². The second kappa shape index (κ2) is 9.67. The van der Waals surface area contributed by atoms with Gasteiger partial charge in [-0.05, 0) is 18.9 Å². The summed E-state index contributed by atoms with van der Waals surface area (Å²) < 4.78 is 0.